The highest BCUT2D eigenvalue weighted by atomic mass is 14.4. The smallest absolute Gasteiger partial charge is 0.0360 e. The zero-order valence-corrected chi connectivity index (χ0v) is 10.2. The van der Waals surface area contributed by atoms with Crippen molar-refractivity contribution in [2.45, 2.75) is 48.0 Å². The molecule has 0 aliphatic heterocycles. The van der Waals surface area contributed by atoms with Crippen LogP contribution >= 0.6 is 0 Å². The Morgan fingerprint density at radius 3 is 1.23 bits per heavy atom. The van der Waals surface area contributed by atoms with Crippen molar-refractivity contribution in [3.05, 3.63) is 0 Å². The molecule has 1 rings (SSSR count). The lowest BCUT2D eigenvalue weighted by molar-refractivity contribution is 0.0187. The van der Waals surface area contributed by atoms with Crippen LogP contribution in [0.25, 0.3) is 0 Å². The molecule has 0 aromatic carbocycles. The monoisotopic (exact) mass is 182 g/mol. The first-order valence-corrected chi connectivity index (χ1v) is 6.00. The van der Waals surface area contributed by atoms with E-state index in [1.54, 1.807) is 0 Å². The Morgan fingerprint density at radius 2 is 0.923 bits per heavy atom. The van der Waals surface area contributed by atoms with Gasteiger partial charge in [-0.2, -0.15) is 0 Å². The molecule has 4 atom stereocenters. The summed E-state index contributed by atoms with van der Waals surface area (Å²) in [5, 5.41) is 0. The minimum absolute atomic E-state index is 0.910. The molecule has 0 amide bonds. The molecular weight excluding hydrogens is 156 g/mol. The molecule has 1 fully saturated rings. The van der Waals surface area contributed by atoms with E-state index < -0.39 is 0 Å². The average Bonchev–Trinajstić information content (AvgIpc) is 2.13. The molecule has 0 aromatic rings. The molecule has 0 heterocycles. The fraction of sp³-hybridized carbons (Fsp3) is 1.00. The van der Waals surface area contributed by atoms with Gasteiger partial charge in [-0.3, -0.25) is 0 Å². The van der Waals surface area contributed by atoms with Crippen molar-refractivity contribution >= 4 is 0 Å². The van der Waals surface area contributed by atoms with Gasteiger partial charge in [0.15, 0.2) is 0 Å². The van der Waals surface area contributed by atoms with Crippen molar-refractivity contribution in [3.8, 4) is 0 Å². The molecule has 0 heteroatoms. The zero-order valence-electron chi connectivity index (χ0n) is 10.2. The van der Waals surface area contributed by atoms with E-state index in [1.165, 1.54) is 6.42 Å². The van der Waals surface area contributed by atoms with Gasteiger partial charge in [0.05, 0.1) is 0 Å². The molecule has 1 saturated carbocycles. The first kappa shape index (κ1) is 11.1. The lowest BCUT2D eigenvalue weighted by Gasteiger charge is -2.47. The summed E-state index contributed by atoms with van der Waals surface area (Å²) in [5.74, 6) is 5.54. The Balaban J connectivity index is 2.79. The van der Waals surface area contributed by atoms with E-state index in [0.29, 0.717) is 0 Å². The largest absolute Gasteiger partial charge is 0.0651 e. The molecule has 1 aliphatic carbocycles. The first-order valence-electron chi connectivity index (χ1n) is 6.00. The topological polar surface area (TPSA) is 0 Å². The molecular formula is C13H26. The molecule has 0 spiro atoms. The Morgan fingerprint density at radius 1 is 0.615 bits per heavy atom. The van der Waals surface area contributed by atoms with Crippen LogP contribution in [0.3, 0.4) is 0 Å². The maximum atomic E-state index is 2.46. The minimum atomic E-state index is 0.910. The van der Waals surface area contributed by atoms with Gasteiger partial charge in [0, 0.05) is 0 Å². The SMILES string of the molecule is CCC1C(C)C(C)C(C)C(C)C1C. The van der Waals surface area contributed by atoms with Crippen LogP contribution in [0, 0.1) is 35.5 Å². The summed E-state index contributed by atoms with van der Waals surface area (Å²) in [6.07, 6.45) is 1.36. The van der Waals surface area contributed by atoms with Gasteiger partial charge in [-0.25, -0.2) is 0 Å². The number of hydrogen-bond acceptors (Lipinski definition) is 0. The predicted octanol–water partition coefficient (Wildman–Crippen LogP) is 4.21. The predicted molar refractivity (Wildman–Crippen MR) is 59.6 cm³/mol. The van der Waals surface area contributed by atoms with Gasteiger partial charge in [0.1, 0.15) is 0 Å². The highest BCUT2D eigenvalue weighted by Crippen LogP contribution is 2.46. The van der Waals surface area contributed by atoms with Crippen LogP contribution in [0.5, 0.6) is 0 Å². The van der Waals surface area contributed by atoms with Crippen LogP contribution in [0.4, 0.5) is 0 Å². The Labute approximate surface area is 84.1 Å². The lowest BCUT2D eigenvalue weighted by atomic mass is 9.59. The van der Waals surface area contributed by atoms with Crippen LogP contribution in [0.15, 0.2) is 0 Å². The van der Waals surface area contributed by atoms with E-state index >= 15 is 0 Å². The van der Waals surface area contributed by atoms with Crippen LogP contribution in [-0.2, 0) is 0 Å². The Kier molecular flexibility index (Phi) is 3.43. The molecule has 0 saturated heterocycles. The summed E-state index contributed by atoms with van der Waals surface area (Å²) in [4.78, 5) is 0. The first-order chi connectivity index (χ1) is 6.00. The third-order valence-electron chi connectivity index (χ3n) is 5.14. The number of rotatable bonds is 1. The zero-order chi connectivity index (χ0) is 10.2. The van der Waals surface area contributed by atoms with Crippen molar-refractivity contribution in [1.82, 2.24) is 0 Å². The highest BCUT2D eigenvalue weighted by Gasteiger charge is 2.39. The summed E-state index contributed by atoms with van der Waals surface area (Å²) < 4.78 is 0. The second-order valence-electron chi connectivity index (χ2n) is 5.37. The summed E-state index contributed by atoms with van der Waals surface area (Å²) in [6, 6.07) is 0. The number of hydrogen-bond donors (Lipinski definition) is 0. The molecule has 13 heavy (non-hydrogen) atoms. The van der Waals surface area contributed by atoms with E-state index in [9.17, 15) is 0 Å². The third-order valence-corrected chi connectivity index (χ3v) is 5.14. The molecule has 0 bridgehead atoms. The molecule has 0 aromatic heterocycles. The molecule has 0 N–H and O–H groups in total. The van der Waals surface area contributed by atoms with Crippen LogP contribution < -0.4 is 0 Å². The Hall–Kier alpha value is 0. The molecule has 0 nitrogen and oxygen atoms in total. The summed E-state index contributed by atoms with van der Waals surface area (Å²) in [7, 11) is 0. The summed E-state index contributed by atoms with van der Waals surface area (Å²) >= 11 is 0. The second-order valence-corrected chi connectivity index (χ2v) is 5.37. The van der Waals surface area contributed by atoms with Gasteiger partial charge in [0.2, 0.25) is 0 Å². The van der Waals surface area contributed by atoms with Crippen LogP contribution in [0.2, 0.25) is 0 Å². The van der Waals surface area contributed by atoms with Gasteiger partial charge in [-0.05, 0) is 35.5 Å². The van der Waals surface area contributed by atoms with Crippen LogP contribution in [-0.4, -0.2) is 0 Å². The maximum Gasteiger partial charge on any atom is -0.0360 e. The van der Waals surface area contributed by atoms with Crippen molar-refractivity contribution in [2.75, 3.05) is 0 Å². The molecule has 1 aliphatic rings. The van der Waals surface area contributed by atoms with Gasteiger partial charge in [0.25, 0.3) is 0 Å². The minimum Gasteiger partial charge on any atom is -0.0651 e. The third kappa shape index (κ3) is 1.78. The molecule has 0 radical (unpaired) electrons. The summed E-state index contributed by atoms with van der Waals surface area (Å²) in [6.45, 7) is 14.6. The van der Waals surface area contributed by atoms with Crippen LogP contribution in [0.1, 0.15) is 48.0 Å². The van der Waals surface area contributed by atoms with Gasteiger partial charge in [-0.15, -0.1) is 0 Å². The second kappa shape index (κ2) is 4.02. The standard InChI is InChI=1S/C13H26/c1-7-13-11(5)9(3)8(2)10(4)12(13)6/h8-13H,7H2,1-6H3. The van der Waals surface area contributed by atoms with E-state index in [4.69, 9.17) is 0 Å². The highest BCUT2D eigenvalue weighted by molar-refractivity contribution is 4.88. The summed E-state index contributed by atoms with van der Waals surface area (Å²) in [5.41, 5.74) is 0. The van der Waals surface area contributed by atoms with Gasteiger partial charge < -0.3 is 0 Å². The fourth-order valence-corrected chi connectivity index (χ4v) is 3.44. The van der Waals surface area contributed by atoms with Crippen molar-refractivity contribution in [2.24, 2.45) is 35.5 Å². The normalized spacial score (nSPS) is 52.2. The quantitative estimate of drug-likeness (QED) is 0.570. The van der Waals surface area contributed by atoms with E-state index in [-0.39, 0.29) is 0 Å². The Bertz CT molecular complexity index is 145. The van der Waals surface area contributed by atoms with E-state index in [1.807, 2.05) is 0 Å². The van der Waals surface area contributed by atoms with Gasteiger partial charge in [-0.1, -0.05) is 48.0 Å². The molecule has 78 valence electrons. The van der Waals surface area contributed by atoms with Crippen molar-refractivity contribution in [1.29, 1.82) is 0 Å². The van der Waals surface area contributed by atoms with E-state index in [0.717, 1.165) is 35.5 Å². The van der Waals surface area contributed by atoms with E-state index in [2.05, 4.69) is 41.5 Å². The average molecular weight is 182 g/mol. The fourth-order valence-electron chi connectivity index (χ4n) is 3.44. The van der Waals surface area contributed by atoms with Gasteiger partial charge >= 0.3 is 0 Å². The maximum absolute atomic E-state index is 2.46. The molecule has 4 unspecified atom stereocenters. The van der Waals surface area contributed by atoms with Crippen molar-refractivity contribution in [3.63, 3.8) is 0 Å². The lowest BCUT2D eigenvalue weighted by Crippen LogP contribution is -2.40. The van der Waals surface area contributed by atoms with Crippen molar-refractivity contribution < 1.29 is 0 Å².